The van der Waals surface area contributed by atoms with Crippen LogP contribution in [0.25, 0.3) is 0 Å². The van der Waals surface area contributed by atoms with E-state index in [2.05, 4.69) is 15.6 Å². The molecule has 1 amide bonds. The molecule has 0 aromatic carbocycles. The van der Waals surface area contributed by atoms with Crippen LogP contribution in [0.2, 0.25) is 0 Å². The van der Waals surface area contributed by atoms with Gasteiger partial charge in [0.15, 0.2) is 0 Å². The normalized spacial score (nSPS) is 10.8. The molecule has 90 valence electrons. The van der Waals surface area contributed by atoms with Crippen molar-refractivity contribution in [3.8, 4) is 0 Å². The largest absolute Gasteiger partial charge is 0.396 e. The molecule has 0 atom stereocenters. The van der Waals surface area contributed by atoms with Crippen molar-refractivity contribution >= 4 is 5.91 Å². The van der Waals surface area contributed by atoms with E-state index in [1.807, 2.05) is 13.8 Å². The first-order chi connectivity index (χ1) is 7.61. The van der Waals surface area contributed by atoms with Crippen molar-refractivity contribution in [2.45, 2.75) is 26.8 Å². The van der Waals surface area contributed by atoms with Crippen molar-refractivity contribution in [2.75, 3.05) is 13.2 Å². The highest BCUT2D eigenvalue weighted by Crippen LogP contribution is 1.94. The van der Waals surface area contributed by atoms with Crippen LogP contribution in [-0.2, 0) is 17.8 Å². The summed E-state index contributed by atoms with van der Waals surface area (Å²) in [6, 6.07) is 0. The molecule has 0 spiro atoms. The van der Waals surface area contributed by atoms with Gasteiger partial charge in [-0.05, 0) is 5.92 Å². The lowest BCUT2D eigenvalue weighted by molar-refractivity contribution is -0.122. The van der Waals surface area contributed by atoms with E-state index in [0.717, 1.165) is 0 Å². The van der Waals surface area contributed by atoms with Crippen LogP contribution in [0.3, 0.4) is 0 Å². The van der Waals surface area contributed by atoms with Crippen molar-refractivity contribution in [3.05, 3.63) is 11.9 Å². The van der Waals surface area contributed by atoms with Gasteiger partial charge in [-0.15, -0.1) is 5.10 Å². The minimum absolute atomic E-state index is 0.0399. The van der Waals surface area contributed by atoms with Crippen LogP contribution in [0, 0.1) is 5.92 Å². The summed E-state index contributed by atoms with van der Waals surface area (Å²) in [4.78, 5) is 11.4. The Kier molecular flexibility index (Phi) is 4.91. The zero-order valence-corrected chi connectivity index (χ0v) is 9.68. The third kappa shape index (κ3) is 4.39. The van der Waals surface area contributed by atoms with Crippen molar-refractivity contribution < 1.29 is 9.90 Å². The van der Waals surface area contributed by atoms with Gasteiger partial charge < -0.3 is 10.4 Å². The maximum Gasteiger partial charge on any atom is 0.241 e. The van der Waals surface area contributed by atoms with E-state index < -0.39 is 0 Å². The second kappa shape index (κ2) is 6.22. The summed E-state index contributed by atoms with van der Waals surface area (Å²) in [6.45, 7) is 4.95. The van der Waals surface area contributed by atoms with Crippen LogP contribution >= 0.6 is 0 Å². The van der Waals surface area contributed by atoms with Crippen molar-refractivity contribution in [1.29, 1.82) is 0 Å². The van der Waals surface area contributed by atoms with Gasteiger partial charge in [-0.2, -0.15) is 0 Å². The second-order valence-corrected chi connectivity index (χ2v) is 4.08. The fourth-order valence-electron chi connectivity index (χ4n) is 1.17. The molecule has 0 bridgehead atoms. The Labute approximate surface area is 94.7 Å². The van der Waals surface area contributed by atoms with Gasteiger partial charge in [0.2, 0.25) is 5.91 Å². The maximum absolute atomic E-state index is 11.4. The maximum atomic E-state index is 11.4. The first kappa shape index (κ1) is 12.6. The van der Waals surface area contributed by atoms with Crippen LogP contribution in [0.5, 0.6) is 0 Å². The van der Waals surface area contributed by atoms with Crippen LogP contribution in [0.4, 0.5) is 0 Å². The van der Waals surface area contributed by atoms with Crippen LogP contribution in [-0.4, -0.2) is 39.2 Å². The third-order valence-electron chi connectivity index (χ3n) is 1.97. The highest BCUT2D eigenvalue weighted by atomic mass is 16.3. The number of carbonyl (C=O) groups excluding carboxylic acids is 1. The molecule has 1 heterocycles. The van der Waals surface area contributed by atoms with Crippen molar-refractivity contribution in [3.63, 3.8) is 0 Å². The number of hydrogen-bond donors (Lipinski definition) is 2. The van der Waals surface area contributed by atoms with E-state index in [4.69, 9.17) is 5.11 Å². The van der Waals surface area contributed by atoms with Crippen molar-refractivity contribution in [2.24, 2.45) is 5.92 Å². The number of aromatic nitrogens is 3. The molecule has 2 N–H and O–H groups in total. The Morgan fingerprint density at radius 1 is 1.62 bits per heavy atom. The summed E-state index contributed by atoms with van der Waals surface area (Å²) in [5.74, 6) is 0.360. The van der Waals surface area contributed by atoms with E-state index in [-0.39, 0.29) is 19.1 Å². The van der Waals surface area contributed by atoms with Gasteiger partial charge in [0.25, 0.3) is 0 Å². The molecule has 0 fully saturated rings. The molecule has 0 saturated heterocycles. The Bertz CT molecular complexity index is 335. The van der Waals surface area contributed by atoms with Gasteiger partial charge in [0.05, 0.1) is 5.69 Å². The predicted molar refractivity (Wildman–Crippen MR) is 58.7 cm³/mol. The molecule has 6 heteroatoms. The molecule has 0 aliphatic heterocycles. The molecule has 0 aliphatic rings. The van der Waals surface area contributed by atoms with Gasteiger partial charge in [-0.25, -0.2) is 4.68 Å². The topological polar surface area (TPSA) is 80.0 Å². The van der Waals surface area contributed by atoms with E-state index >= 15 is 0 Å². The summed E-state index contributed by atoms with van der Waals surface area (Å²) < 4.78 is 1.47. The Morgan fingerprint density at radius 2 is 2.38 bits per heavy atom. The standard InChI is InChI=1S/C10H18N4O2/c1-8(2)5-11-10(16)7-14-6-9(3-4-15)12-13-14/h6,8,15H,3-5,7H2,1-2H3,(H,11,16). The molecule has 0 saturated carbocycles. The molecule has 0 unspecified atom stereocenters. The fraction of sp³-hybridized carbons (Fsp3) is 0.700. The predicted octanol–water partition coefficient (Wildman–Crippen LogP) is -0.415. The zero-order chi connectivity index (χ0) is 12.0. The van der Waals surface area contributed by atoms with E-state index in [0.29, 0.717) is 24.6 Å². The third-order valence-corrected chi connectivity index (χ3v) is 1.97. The number of rotatable bonds is 6. The highest BCUT2D eigenvalue weighted by molar-refractivity contribution is 5.75. The molecule has 1 aromatic rings. The summed E-state index contributed by atoms with van der Waals surface area (Å²) in [6.07, 6.45) is 2.14. The Morgan fingerprint density at radius 3 is 3.00 bits per heavy atom. The van der Waals surface area contributed by atoms with E-state index in [1.165, 1.54) is 4.68 Å². The number of nitrogens with one attached hydrogen (secondary N) is 1. The number of aliphatic hydroxyl groups is 1. The van der Waals surface area contributed by atoms with E-state index in [1.54, 1.807) is 6.20 Å². The lowest BCUT2D eigenvalue weighted by atomic mass is 10.2. The highest BCUT2D eigenvalue weighted by Gasteiger charge is 2.05. The smallest absolute Gasteiger partial charge is 0.241 e. The monoisotopic (exact) mass is 226 g/mol. The Balaban J connectivity index is 2.37. The molecular formula is C10H18N4O2. The number of carbonyl (C=O) groups is 1. The molecule has 1 aromatic heterocycles. The molecule has 1 rings (SSSR count). The minimum atomic E-state index is -0.0749. The van der Waals surface area contributed by atoms with Gasteiger partial charge in [0.1, 0.15) is 6.54 Å². The van der Waals surface area contributed by atoms with E-state index in [9.17, 15) is 4.79 Å². The zero-order valence-electron chi connectivity index (χ0n) is 9.68. The first-order valence-corrected chi connectivity index (χ1v) is 5.38. The SMILES string of the molecule is CC(C)CNC(=O)Cn1cc(CCO)nn1. The van der Waals surface area contributed by atoms with Gasteiger partial charge in [-0.1, -0.05) is 19.1 Å². The number of aliphatic hydroxyl groups excluding tert-OH is 1. The summed E-state index contributed by atoms with van der Waals surface area (Å²) in [7, 11) is 0. The second-order valence-electron chi connectivity index (χ2n) is 4.08. The molecular weight excluding hydrogens is 208 g/mol. The lowest BCUT2D eigenvalue weighted by Gasteiger charge is -2.06. The van der Waals surface area contributed by atoms with Gasteiger partial charge in [-0.3, -0.25) is 4.79 Å². The number of amides is 1. The summed E-state index contributed by atoms with van der Waals surface area (Å²) in [5, 5.41) is 19.1. The summed E-state index contributed by atoms with van der Waals surface area (Å²) in [5.41, 5.74) is 0.694. The van der Waals surface area contributed by atoms with Crippen LogP contribution in [0.15, 0.2) is 6.20 Å². The summed E-state index contributed by atoms with van der Waals surface area (Å²) >= 11 is 0. The number of nitrogens with zero attached hydrogens (tertiary/aromatic N) is 3. The number of hydrogen-bond acceptors (Lipinski definition) is 4. The van der Waals surface area contributed by atoms with Gasteiger partial charge >= 0.3 is 0 Å². The molecule has 6 nitrogen and oxygen atoms in total. The molecule has 16 heavy (non-hydrogen) atoms. The minimum Gasteiger partial charge on any atom is -0.396 e. The first-order valence-electron chi connectivity index (χ1n) is 5.38. The van der Waals surface area contributed by atoms with Gasteiger partial charge in [0, 0.05) is 25.8 Å². The van der Waals surface area contributed by atoms with Crippen molar-refractivity contribution in [1.82, 2.24) is 20.3 Å². The Hall–Kier alpha value is -1.43. The average molecular weight is 226 g/mol. The lowest BCUT2D eigenvalue weighted by Crippen LogP contribution is -2.30. The quantitative estimate of drug-likeness (QED) is 0.690. The van der Waals surface area contributed by atoms with Crippen LogP contribution in [0.1, 0.15) is 19.5 Å². The molecule has 0 radical (unpaired) electrons. The van der Waals surface area contributed by atoms with Crippen LogP contribution < -0.4 is 5.32 Å². The fourth-order valence-corrected chi connectivity index (χ4v) is 1.17. The average Bonchev–Trinajstić information content (AvgIpc) is 2.63. The molecule has 0 aliphatic carbocycles.